The summed E-state index contributed by atoms with van der Waals surface area (Å²) in [4.78, 5) is 4.78. The largest absolute Gasteiger partial charge is 0.289 e. The van der Waals surface area contributed by atoms with Crippen molar-refractivity contribution in [2.75, 3.05) is 6.54 Å². The topological polar surface area (TPSA) is 12.4 Å². The first-order valence-electron chi connectivity index (χ1n) is 6.05. The molecular weight excluding hydrogens is 182 g/mol. The summed E-state index contributed by atoms with van der Waals surface area (Å²) >= 11 is 0. The molecular formula is C14H25N. The number of rotatable bonds is 1. The Morgan fingerprint density at radius 2 is 1.93 bits per heavy atom. The van der Waals surface area contributed by atoms with Crippen LogP contribution in [0.2, 0.25) is 0 Å². The smallest absolute Gasteiger partial charge is 0.0429 e. The Morgan fingerprint density at radius 1 is 1.33 bits per heavy atom. The maximum absolute atomic E-state index is 4.78. The molecule has 1 nitrogen and oxygen atoms in total. The monoisotopic (exact) mass is 207 g/mol. The van der Waals surface area contributed by atoms with Crippen molar-refractivity contribution >= 4 is 5.71 Å². The molecule has 1 aliphatic heterocycles. The van der Waals surface area contributed by atoms with E-state index in [2.05, 4.69) is 53.7 Å². The van der Waals surface area contributed by atoms with Crippen LogP contribution in [0.15, 0.2) is 17.1 Å². The Balaban J connectivity index is 2.87. The van der Waals surface area contributed by atoms with E-state index in [1.54, 1.807) is 0 Å². The number of hydrogen-bond acceptors (Lipinski definition) is 1. The molecule has 0 amide bonds. The third-order valence-electron chi connectivity index (χ3n) is 3.33. The molecule has 0 bridgehead atoms. The predicted octanol–water partition coefficient (Wildman–Crippen LogP) is 3.95. The van der Waals surface area contributed by atoms with E-state index < -0.39 is 0 Å². The van der Waals surface area contributed by atoms with E-state index in [4.69, 9.17) is 4.99 Å². The van der Waals surface area contributed by atoms with Gasteiger partial charge < -0.3 is 0 Å². The first-order valence-corrected chi connectivity index (χ1v) is 6.05. The lowest BCUT2D eigenvalue weighted by Gasteiger charge is -2.22. The first-order chi connectivity index (χ1) is 6.82. The average Bonchev–Trinajstić information content (AvgIpc) is 2.25. The summed E-state index contributed by atoms with van der Waals surface area (Å²) in [5.74, 6) is 2.06. The predicted molar refractivity (Wildman–Crippen MR) is 68.4 cm³/mol. The summed E-state index contributed by atoms with van der Waals surface area (Å²) in [7, 11) is 0. The average molecular weight is 207 g/mol. The fraction of sp³-hybridized carbons (Fsp3) is 0.786. The van der Waals surface area contributed by atoms with Gasteiger partial charge in [-0.25, -0.2) is 0 Å². The Kier molecular flexibility index (Phi) is 3.75. The minimum Gasteiger partial charge on any atom is -0.289 e. The van der Waals surface area contributed by atoms with E-state index in [0.717, 1.165) is 6.54 Å². The van der Waals surface area contributed by atoms with Gasteiger partial charge in [0, 0.05) is 17.7 Å². The highest BCUT2D eigenvalue weighted by Gasteiger charge is 2.24. The summed E-state index contributed by atoms with van der Waals surface area (Å²) in [6, 6.07) is 0. The van der Waals surface area contributed by atoms with Crippen LogP contribution in [0.4, 0.5) is 0 Å². The fourth-order valence-electron chi connectivity index (χ4n) is 2.11. The van der Waals surface area contributed by atoms with Crippen LogP contribution in [-0.4, -0.2) is 12.3 Å². The zero-order valence-corrected chi connectivity index (χ0v) is 11.0. The molecule has 1 heteroatoms. The molecule has 1 rings (SSSR count). The Morgan fingerprint density at radius 3 is 2.40 bits per heavy atom. The van der Waals surface area contributed by atoms with E-state index in [-0.39, 0.29) is 5.41 Å². The number of hydrogen-bond donors (Lipinski definition) is 0. The zero-order valence-electron chi connectivity index (χ0n) is 11.0. The molecule has 0 spiro atoms. The molecule has 0 N–H and O–H groups in total. The molecule has 0 radical (unpaired) electrons. The van der Waals surface area contributed by atoms with Crippen molar-refractivity contribution < 1.29 is 0 Å². The lowest BCUT2D eigenvalue weighted by molar-refractivity contribution is 0.324. The second-order valence-corrected chi connectivity index (χ2v) is 6.10. The van der Waals surface area contributed by atoms with Crippen LogP contribution in [0.25, 0.3) is 0 Å². The highest BCUT2D eigenvalue weighted by molar-refractivity contribution is 5.99. The molecule has 2 atom stereocenters. The van der Waals surface area contributed by atoms with Gasteiger partial charge in [-0.2, -0.15) is 0 Å². The maximum atomic E-state index is 4.78. The Hall–Kier alpha value is -0.590. The van der Waals surface area contributed by atoms with Gasteiger partial charge in [0.25, 0.3) is 0 Å². The lowest BCUT2D eigenvalue weighted by atomic mass is 9.84. The molecule has 0 saturated carbocycles. The molecule has 0 saturated heterocycles. The van der Waals surface area contributed by atoms with Gasteiger partial charge in [0.2, 0.25) is 0 Å². The van der Waals surface area contributed by atoms with Crippen molar-refractivity contribution in [3.8, 4) is 0 Å². The fourth-order valence-corrected chi connectivity index (χ4v) is 2.11. The van der Waals surface area contributed by atoms with Crippen LogP contribution in [0.5, 0.6) is 0 Å². The third-order valence-corrected chi connectivity index (χ3v) is 3.33. The second-order valence-electron chi connectivity index (χ2n) is 6.10. The van der Waals surface area contributed by atoms with Crippen LogP contribution in [0.3, 0.4) is 0 Å². The van der Waals surface area contributed by atoms with Gasteiger partial charge in [-0.3, -0.25) is 4.99 Å². The van der Waals surface area contributed by atoms with Crippen LogP contribution in [0.1, 0.15) is 41.5 Å². The molecule has 1 heterocycles. The van der Waals surface area contributed by atoms with Gasteiger partial charge in [-0.05, 0) is 23.8 Å². The highest BCUT2D eigenvalue weighted by Crippen LogP contribution is 2.27. The van der Waals surface area contributed by atoms with Gasteiger partial charge in [-0.15, -0.1) is 0 Å². The zero-order chi connectivity index (χ0) is 11.6. The number of allylic oxidation sites excluding steroid dienone is 2. The summed E-state index contributed by atoms with van der Waals surface area (Å²) in [5.41, 5.74) is 1.43. The normalized spacial score (nSPS) is 27.8. The van der Waals surface area contributed by atoms with E-state index in [0.29, 0.717) is 17.8 Å². The van der Waals surface area contributed by atoms with Crippen molar-refractivity contribution in [1.29, 1.82) is 0 Å². The van der Waals surface area contributed by atoms with Crippen molar-refractivity contribution in [2.45, 2.75) is 41.5 Å². The number of nitrogens with zero attached hydrogens (tertiary/aromatic N) is 1. The summed E-state index contributed by atoms with van der Waals surface area (Å²) in [6.07, 6.45) is 4.56. The molecule has 0 aromatic carbocycles. The molecule has 0 aliphatic carbocycles. The standard InChI is InChI=1S/C14H25N/c1-10(2)12-9-15-13(14(4,5)6)8-7-11(12)3/h7-8,10-12H,9H2,1-6H3. The molecule has 0 fully saturated rings. The maximum Gasteiger partial charge on any atom is 0.0429 e. The van der Waals surface area contributed by atoms with Crippen molar-refractivity contribution in [2.24, 2.45) is 28.2 Å². The quantitative estimate of drug-likeness (QED) is 0.617. The molecule has 1 aliphatic rings. The van der Waals surface area contributed by atoms with Crippen molar-refractivity contribution in [1.82, 2.24) is 0 Å². The second kappa shape index (κ2) is 4.51. The van der Waals surface area contributed by atoms with E-state index in [1.165, 1.54) is 5.71 Å². The summed E-state index contributed by atoms with van der Waals surface area (Å²) < 4.78 is 0. The Bertz CT molecular complexity index is 266. The van der Waals surface area contributed by atoms with Gasteiger partial charge in [-0.1, -0.05) is 47.6 Å². The molecule has 15 heavy (non-hydrogen) atoms. The molecule has 86 valence electrons. The summed E-state index contributed by atoms with van der Waals surface area (Å²) in [6.45, 7) is 14.6. The third kappa shape index (κ3) is 3.19. The van der Waals surface area contributed by atoms with Gasteiger partial charge >= 0.3 is 0 Å². The SMILES string of the molecule is CC(C)C1CN=C(C(C)(C)C)C=CC1C. The van der Waals surface area contributed by atoms with E-state index in [1.807, 2.05) is 0 Å². The van der Waals surface area contributed by atoms with Crippen LogP contribution in [-0.2, 0) is 0 Å². The van der Waals surface area contributed by atoms with Crippen molar-refractivity contribution in [3.05, 3.63) is 12.2 Å². The Labute approximate surface area is 94.7 Å². The first kappa shape index (κ1) is 12.5. The lowest BCUT2D eigenvalue weighted by Crippen LogP contribution is -2.20. The summed E-state index contributed by atoms with van der Waals surface area (Å²) in [5, 5.41) is 0. The number of aliphatic imine (C=N–C) groups is 1. The minimum absolute atomic E-state index is 0.183. The highest BCUT2D eigenvalue weighted by atomic mass is 14.8. The van der Waals surface area contributed by atoms with E-state index in [9.17, 15) is 0 Å². The molecule has 2 unspecified atom stereocenters. The molecule has 0 aromatic heterocycles. The van der Waals surface area contributed by atoms with Crippen LogP contribution >= 0.6 is 0 Å². The van der Waals surface area contributed by atoms with Gasteiger partial charge in [0.15, 0.2) is 0 Å². The van der Waals surface area contributed by atoms with Gasteiger partial charge in [0.05, 0.1) is 0 Å². The molecule has 0 aromatic rings. The minimum atomic E-state index is 0.183. The van der Waals surface area contributed by atoms with Crippen molar-refractivity contribution in [3.63, 3.8) is 0 Å². The van der Waals surface area contributed by atoms with Crippen LogP contribution < -0.4 is 0 Å². The van der Waals surface area contributed by atoms with Crippen LogP contribution in [0, 0.1) is 23.2 Å². The van der Waals surface area contributed by atoms with Gasteiger partial charge in [0.1, 0.15) is 0 Å². The van der Waals surface area contributed by atoms with E-state index >= 15 is 0 Å².